The van der Waals surface area contributed by atoms with Crippen LogP contribution >= 0.6 is 23.2 Å². The summed E-state index contributed by atoms with van der Waals surface area (Å²) >= 11 is 11.5. The Hall–Kier alpha value is -1.44. The average molecular weight is 242 g/mol. The van der Waals surface area contributed by atoms with Gasteiger partial charge in [0.2, 0.25) is 0 Å². The summed E-state index contributed by atoms with van der Waals surface area (Å²) in [6.07, 6.45) is 2.35. The quantitative estimate of drug-likeness (QED) is 0.667. The highest BCUT2D eigenvalue weighted by Gasteiger charge is 2.14. The van der Waals surface area contributed by atoms with E-state index in [0.29, 0.717) is 0 Å². The van der Waals surface area contributed by atoms with Gasteiger partial charge in [-0.25, -0.2) is 9.37 Å². The fourth-order valence-corrected chi connectivity index (χ4v) is 1.72. The van der Waals surface area contributed by atoms with Crippen LogP contribution in [0.5, 0.6) is 0 Å². The molecule has 0 aliphatic heterocycles. The third-order valence-electron chi connectivity index (χ3n) is 1.86. The Balaban J connectivity index is 2.99. The van der Waals surface area contributed by atoms with Gasteiger partial charge in [-0.15, -0.1) is 0 Å². The van der Waals surface area contributed by atoms with Gasteiger partial charge in [-0.05, 0) is 0 Å². The average Bonchev–Trinajstić information content (AvgIpc) is 2.20. The molecule has 74 valence electrons. The highest BCUT2D eigenvalue weighted by Crippen LogP contribution is 2.30. The van der Waals surface area contributed by atoms with Crippen molar-refractivity contribution in [3.63, 3.8) is 0 Å². The number of aromatic nitrogens is 2. The van der Waals surface area contributed by atoms with Crippen molar-refractivity contribution < 1.29 is 4.39 Å². The normalized spacial score (nSPS) is 10.3. The van der Waals surface area contributed by atoms with E-state index in [1.165, 1.54) is 6.20 Å². The summed E-state index contributed by atoms with van der Waals surface area (Å²) in [6.45, 7) is 0. The van der Waals surface area contributed by atoms with Gasteiger partial charge in [0.1, 0.15) is 22.3 Å². The molecule has 0 aliphatic rings. The number of fused-ring (bicyclic) bond motifs is 1. The molecular formula is C9H2Cl2FN3. The molecule has 0 atom stereocenters. The molecule has 0 saturated heterocycles. The molecule has 0 spiro atoms. The van der Waals surface area contributed by atoms with E-state index in [0.717, 1.165) is 6.20 Å². The molecule has 0 radical (unpaired) electrons. The van der Waals surface area contributed by atoms with E-state index in [9.17, 15) is 4.39 Å². The highest BCUT2D eigenvalue weighted by molar-refractivity contribution is 6.39. The highest BCUT2D eigenvalue weighted by atomic mass is 35.5. The molecule has 0 N–H and O–H groups in total. The van der Waals surface area contributed by atoms with Crippen LogP contribution < -0.4 is 0 Å². The molecule has 0 bridgehead atoms. The smallest absolute Gasteiger partial charge is 0.167 e. The summed E-state index contributed by atoms with van der Waals surface area (Å²) < 4.78 is 13.3. The molecule has 6 heteroatoms. The van der Waals surface area contributed by atoms with E-state index < -0.39 is 5.82 Å². The number of nitriles is 1. The lowest BCUT2D eigenvalue weighted by Crippen LogP contribution is -1.92. The minimum absolute atomic E-state index is 0.0130. The van der Waals surface area contributed by atoms with Gasteiger partial charge in [-0.3, -0.25) is 4.98 Å². The molecule has 3 nitrogen and oxygen atoms in total. The second-order valence-corrected chi connectivity index (χ2v) is 3.46. The van der Waals surface area contributed by atoms with Crippen LogP contribution in [0.25, 0.3) is 10.9 Å². The lowest BCUT2D eigenvalue weighted by Gasteiger charge is -2.03. The van der Waals surface area contributed by atoms with Crippen LogP contribution in [-0.4, -0.2) is 9.97 Å². The van der Waals surface area contributed by atoms with Gasteiger partial charge in [0.25, 0.3) is 0 Å². The lowest BCUT2D eigenvalue weighted by atomic mass is 10.2. The maximum absolute atomic E-state index is 13.3. The van der Waals surface area contributed by atoms with Crippen LogP contribution in [0.15, 0.2) is 12.4 Å². The van der Waals surface area contributed by atoms with E-state index >= 15 is 0 Å². The van der Waals surface area contributed by atoms with Crippen molar-refractivity contribution in [2.45, 2.75) is 0 Å². The summed E-state index contributed by atoms with van der Waals surface area (Å²) in [4.78, 5) is 7.38. The molecule has 0 aliphatic carbocycles. The van der Waals surface area contributed by atoms with E-state index in [2.05, 4.69) is 9.97 Å². The van der Waals surface area contributed by atoms with Gasteiger partial charge in [-0.2, -0.15) is 5.26 Å². The predicted molar refractivity (Wildman–Crippen MR) is 54.2 cm³/mol. The zero-order chi connectivity index (χ0) is 11.0. The van der Waals surface area contributed by atoms with Crippen molar-refractivity contribution in [3.8, 4) is 6.07 Å². The first kappa shape index (κ1) is 10.1. The second kappa shape index (κ2) is 3.61. The van der Waals surface area contributed by atoms with Gasteiger partial charge in [0.05, 0.1) is 11.2 Å². The van der Waals surface area contributed by atoms with Crippen LogP contribution in [0.4, 0.5) is 4.39 Å². The van der Waals surface area contributed by atoms with Gasteiger partial charge < -0.3 is 0 Å². The molecule has 0 aromatic carbocycles. The summed E-state index contributed by atoms with van der Waals surface area (Å²) in [5, 5.41) is 8.99. The monoisotopic (exact) mass is 241 g/mol. The number of rotatable bonds is 0. The Bertz CT molecular complexity index is 592. The van der Waals surface area contributed by atoms with E-state index in [1.54, 1.807) is 6.07 Å². The van der Waals surface area contributed by atoms with Crippen LogP contribution in [0.1, 0.15) is 5.56 Å². The molecular weight excluding hydrogens is 240 g/mol. The molecule has 0 amide bonds. The minimum atomic E-state index is -0.624. The summed E-state index contributed by atoms with van der Waals surface area (Å²) in [6, 6.07) is 1.80. The SMILES string of the molecule is N#Cc1c(Cl)nc2c(F)cncc2c1Cl. The van der Waals surface area contributed by atoms with Crippen molar-refractivity contribution in [1.82, 2.24) is 9.97 Å². The zero-order valence-electron chi connectivity index (χ0n) is 7.13. The Morgan fingerprint density at radius 1 is 1.33 bits per heavy atom. The first-order valence-electron chi connectivity index (χ1n) is 3.83. The van der Waals surface area contributed by atoms with Crippen molar-refractivity contribution in [2.24, 2.45) is 0 Å². The Morgan fingerprint density at radius 3 is 2.73 bits per heavy atom. The van der Waals surface area contributed by atoms with Gasteiger partial charge in [-0.1, -0.05) is 23.2 Å². The van der Waals surface area contributed by atoms with E-state index in [-0.39, 0.29) is 26.6 Å². The van der Waals surface area contributed by atoms with Gasteiger partial charge >= 0.3 is 0 Å². The van der Waals surface area contributed by atoms with E-state index in [4.69, 9.17) is 28.5 Å². The molecule has 15 heavy (non-hydrogen) atoms. The topological polar surface area (TPSA) is 49.6 Å². The first-order chi connectivity index (χ1) is 7.15. The third kappa shape index (κ3) is 1.50. The van der Waals surface area contributed by atoms with Gasteiger partial charge in [0, 0.05) is 11.6 Å². The minimum Gasteiger partial charge on any atom is -0.261 e. The summed E-state index contributed by atoms with van der Waals surface area (Å²) in [7, 11) is 0. The van der Waals surface area contributed by atoms with Crippen molar-refractivity contribution in [2.75, 3.05) is 0 Å². The molecule has 2 aromatic rings. The van der Waals surface area contributed by atoms with Crippen molar-refractivity contribution in [1.29, 1.82) is 5.26 Å². The zero-order valence-corrected chi connectivity index (χ0v) is 8.64. The first-order valence-corrected chi connectivity index (χ1v) is 4.59. The predicted octanol–water partition coefficient (Wildman–Crippen LogP) is 2.95. The third-order valence-corrected chi connectivity index (χ3v) is 2.52. The van der Waals surface area contributed by atoms with Crippen LogP contribution in [-0.2, 0) is 0 Å². The largest absolute Gasteiger partial charge is 0.261 e. The second-order valence-electron chi connectivity index (χ2n) is 2.72. The van der Waals surface area contributed by atoms with Gasteiger partial charge in [0.15, 0.2) is 5.82 Å². The number of halogens is 3. The molecule has 0 fully saturated rings. The van der Waals surface area contributed by atoms with Crippen LogP contribution in [0.2, 0.25) is 10.2 Å². The molecule has 2 rings (SSSR count). The lowest BCUT2D eigenvalue weighted by molar-refractivity contribution is 0.631. The summed E-state index contributed by atoms with van der Waals surface area (Å²) in [5.74, 6) is -0.624. The number of pyridine rings is 2. The molecule has 0 saturated carbocycles. The number of hydrogen-bond acceptors (Lipinski definition) is 3. The molecule has 0 unspecified atom stereocenters. The van der Waals surface area contributed by atoms with Crippen molar-refractivity contribution in [3.05, 3.63) is 34.0 Å². The maximum Gasteiger partial charge on any atom is 0.167 e. The maximum atomic E-state index is 13.3. The Kier molecular flexibility index (Phi) is 2.43. The number of hydrogen-bond donors (Lipinski definition) is 0. The molecule has 2 aromatic heterocycles. The number of nitrogens with zero attached hydrogens (tertiary/aromatic N) is 3. The fourth-order valence-electron chi connectivity index (χ4n) is 1.18. The molecule has 2 heterocycles. The van der Waals surface area contributed by atoms with Crippen LogP contribution in [0.3, 0.4) is 0 Å². The Morgan fingerprint density at radius 2 is 2.07 bits per heavy atom. The standard InChI is InChI=1S/C9H2Cl2FN3/c10-7-4(1-13)9(11)15-8-5(7)2-14-3-6(8)12/h2-3H. The summed E-state index contributed by atoms with van der Waals surface area (Å²) in [5.41, 5.74) is 0.0391. The van der Waals surface area contributed by atoms with E-state index in [1.807, 2.05) is 0 Å². The fraction of sp³-hybridized carbons (Fsp3) is 0. The Labute approximate surface area is 94.1 Å². The van der Waals surface area contributed by atoms with Crippen LogP contribution in [0, 0.1) is 17.1 Å². The van der Waals surface area contributed by atoms with Crippen molar-refractivity contribution >= 4 is 34.1 Å².